The summed E-state index contributed by atoms with van der Waals surface area (Å²) >= 11 is 0. The van der Waals surface area contributed by atoms with Crippen LogP contribution < -0.4 is 0 Å². The van der Waals surface area contributed by atoms with Crippen molar-refractivity contribution in [3.63, 3.8) is 0 Å². The second-order valence-electron chi connectivity index (χ2n) is 5.86. The van der Waals surface area contributed by atoms with Crippen LogP contribution in [0.15, 0.2) is 42.5 Å². The lowest BCUT2D eigenvalue weighted by molar-refractivity contribution is -0.173. The van der Waals surface area contributed by atoms with Gasteiger partial charge in [-0.25, -0.2) is 4.79 Å². The minimum absolute atomic E-state index is 0.00609. The van der Waals surface area contributed by atoms with Gasteiger partial charge in [0.05, 0.1) is 13.2 Å². The summed E-state index contributed by atoms with van der Waals surface area (Å²) in [5.41, 5.74) is -0.931. The molecule has 0 aromatic heterocycles. The molecule has 0 spiro atoms. The SMILES string of the molecule is COC(=O)[C@]12OC(CC(=O)C/C=C/[C@H]1c1ccccc1)CC2=O. The van der Waals surface area contributed by atoms with E-state index < -0.39 is 23.6 Å². The molecule has 1 saturated heterocycles. The number of allylic oxidation sites excluding steroid dienone is 1. The van der Waals surface area contributed by atoms with Gasteiger partial charge in [-0.3, -0.25) is 9.59 Å². The number of hydrogen-bond acceptors (Lipinski definition) is 5. The van der Waals surface area contributed by atoms with Crippen LogP contribution in [-0.4, -0.2) is 36.4 Å². The van der Waals surface area contributed by atoms with Gasteiger partial charge in [-0.05, 0) is 5.56 Å². The Morgan fingerprint density at radius 1 is 1.22 bits per heavy atom. The number of methoxy groups -OCH3 is 1. The molecule has 2 heterocycles. The van der Waals surface area contributed by atoms with E-state index in [9.17, 15) is 14.4 Å². The van der Waals surface area contributed by atoms with E-state index in [-0.39, 0.29) is 30.8 Å². The summed E-state index contributed by atoms with van der Waals surface area (Å²) in [4.78, 5) is 37.1. The molecular weight excluding hydrogens is 296 g/mol. The van der Waals surface area contributed by atoms with Gasteiger partial charge in [0.15, 0.2) is 5.78 Å². The third-order valence-electron chi connectivity index (χ3n) is 4.39. The molecule has 2 aliphatic heterocycles. The predicted molar refractivity (Wildman–Crippen MR) is 81.8 cm³/mol. The third-order valence-corrected chi connectivity index (χ3v) is 4.39. The van der Waals surface area contributed by atoms with Crippen LogP contribution in [0.2, 0.25) is 0 Å². The summed E-state index contributed by atoms with van der Waals surface area (Å²) in [6, 6.07) is 9.20. The zero-order valence-corrected chi connectivity index (χ0v) is 12.9. The van der Waals surface area contributed by atoms with E-state index in [1.165, 1.54) is 7.11 Å². The number of rotatable bonds is 2. The zero-order chi connectivity index (χ0) is 16.4. The highest BCUT2D eigenvalue weighted by atomic mass is 16.6. The first-order valence-corrected chi connectivity index (χ1v) is 7.60. The molecule has 0 N–H and O–H groups in total. The fourth-order valence-corrected chi connectivity index (χ4v) is 3.34. The van der Waals surface area contributed by atoms with E-state index in [0.717, 1.165) is 5.56 Å². The van der Waals surface area contributed by atoms with Crippen LogP contribution in [-0.2, 0) is 23.9 Å². The second kappa shape index (κ2) is 6.08. The molecule has 1 aromatic rings. The van der Waals surface area contributed by atoms with Crippen molar-refractivity contribution in [3.8, 4) is 0 Å². The van der Waals surface area contributed by atoms with Crippen molar-refractivity contribution in [2.45, 2.75) is 36.9 Å². The average molecular weight is 314 g/mol. The molecule has 3 rings (SSSR count). The molecule has 1 unspecified atom stereocenters. The molecule has 3 atom stereocenters. The van der Waals surface area contributed by atoms with Crippen LogP contribution in [0.1, 0.15) is 30.7 Å². The highest BCUT2D eigenvalue weighted by Crippen LogP contribution is 2.43. The summed E-state index contributed by atoms with van der Waals surface area (Å²) in [6.45, 7) is 0. The van der Waals surface area contributed by atoms with Crippen LogP contribution in [0.4, 0.5) is 0 Å². The van der Waals surface area contributed by atoms with Gasteiger partial charge in [-0.1, -0.05) is 42.5 Å². The second-order valence-corrected chi connectivity index (χ2v) is 5.86. The number of Topliss-reactive ketones (excluding diaryl/α,β-unsaturated/α-hetero) is 2. The molecule has 0 amide bonds. The number of carbonyl (C=O) groups is 3. The predicted octanol–water partition coefficient (Wildman–Crippen LogP) is 1.96. The molecule has 5 nitrogen and oxygen atoms in total. The summed E-state index contributed by atoms with van der Waals surface area (Å²) < 4.78 is 10.8. The number of ether oxygens (including phenoxy) is 2. The standard InChI is InChI=1S/C18H18O5/c1-22-17(21)18-15(12-6-3-2-4-7-12)9-5-8-13(19)10-14(23-18)11-16(18)20/h2-7,9,14-15H,8,10-11H2,1H3/b9-5+/t14?,15-,18-/m0/s1. The van der Waals surface area contributed by atoms with E-state index >= 15 is 0 Å². The van der Waals surface area contributed by atoms with Crippen LogP contribution in [0.25, 0.3) is 0 Å². The van der Waals surface area contributed by atoms with Crippen LogP contribution in [0.5, 0.6) is 0 Å². The first kappa shape index (κ1) is 15.6. The summed E-state index contributed by atoms with van der Waals surface area (Å²) in [5, 5.41) is 0. The summed E-state index contributed by atoms with van der Waals surface area (Å²) in [6.07, 6.45) is 3.32. The molecule has 0 saturated carbocycles. The monoisotopic (exact) mass is 314 g/mol. The normalized spacial score (nSPS) is 31.9. The van der Waals surface area contributed by atoms with Crippen LogP contribution in [0, 0.1) is 0 Å². The minimum Gasteiger partial charge on any atom is -0.467 e. The molecule has 1 fully saturated rings. The number of esters is 1. The van der Waals surface area contributed by atoms with Crippen molar-refractivity contribution in [2.75, 3.05) is 7.11 Å². The summed E-state index contributed by atoms with van der Waals surface area (Å²) in [7, 11) is 1.24. The highest BCUT2D eigenvalue weighted by molar-refractivity contribution is 6.10. The lowest BCUT2D eigenvalue weighted by Gasteiger charge is -2.31. The number of ketones is 2. The fraction of sp³-hybridized carbons (Fsp3) is 0.389. The first-order chi connectivity index (χ1) is 11.1. The molecule has 0 radical (unpaired) electrons. The first-order valence-electron chi connectivity index (χ1n) is 7.60. The van der Waals surface area contributed by atoms with Gasteiger partial charge in [0, 0.05) is 25.2 Å². The van der Waals surface area contributed by atoms with E-state index in [1.807, 2.05) is 30.3 Å². The molecule has 2 aliphatic rings. The Hall–Kier alpha value is -2.27. The largest absolute Gasteiger partial charge is 0.467 e. The Bertz CT molecular complexity index is 663. The molecule has 2 bridgehead atoms. The van der Waals surface area contributed by atoms with Crippen molar-refractivity contribution in [1.82, 2.24) is 0 Å². The lowest BCUT2D eigenvalue weighted by atomic mass is 9.78. The summed E-state index contributed by atoms with van der Waals surface area (Å²) in [5.74, 6) is -1.66. The Morgan fingerprint density at radius 3 is 2.65 bits per heavy atom. The quantitative estimate of drug-likeness (QED) is 0.474. The zero-order valence-electron chi connectivity index (χ0n) is 12.9. The van der Waals surface area contributed by atoms with Crippen molar-refractivity contribution >= 4 is 17.5 Å². The van der Waals surface area contributed by atoms with E-state index in [4.69, 9.17) is 9.47 Å². The van der Waals surface area contributed by atoms with E-state index in [1.54, 1.807) is 12.2 Å². The third kappa shape index (κ3) is 2.61. The van der Waals surface area contributed by atoms with Crippen molar-refractivity contribution in [2.24, 2.45) is 0 Å². The van der Waals surface area contributed by atoms with Crippen LogP contribution in [0.3, 0.4) is 0 Å². The highest BCUT2D eigenvalue weighted by Gasteiger charge is 2.59. The fourth-order valence-electron chi connectivity index (χ4n) is 3.34. The van der Waals surface area contributed by atoms with Gasteiger partial charge >= 0.3 is 5.97 Å². The van der Waals surface area contributed by atoms with Gasteiger partial charge in [0.2, 0.25) is 5.60 Å². The maximum absolute atomic E-state index is 12.7. The smallest absolute Gasteiger partial charge is 0.346 e. The molecule has 1 aromatic carbocycles. The topological polar surface area (TPSA) is 69.7 Å². The Labute approximate surface area is 134 Å². The Kier molecular flexibility index (Phi) is 4.13. The van der Waals surface area contributed by atoms with E-state index in [0.29, 0.717) is 0 Å². The molecular formula is C18H18O5. The van der Waals surface area contributed by atoms with Gasteiger partial charge in [-0.2, -0.15) is 0 Å². The number of fused-ring (bicyclic) bond motifs is 2. The maximum Gasteiger partial charge on any atom is 0.346 e. The van der Waals surface area contributed by atoms with Crippen molar-refractivity contribution in [3.05, 3.63) is 48.0 Å². The molecule has 5 heteroatoms. The molecule has 0 aliphatic carbocycles. The molecule has 120 valence electrons. The van der Waals surface area contributed by atoms with Gasteiger partial charge in [0.1, 0.15) is 5.78 Å². The van der Waals surface area contributed by atoms with Gasteiger partial charge in [-0.15, -0.1) is 0 Å². The number of hydrogen-bond donors (Lipinski definition) is 0. The van der Waals surface area contributed by atoms with Gasteiger partial charge < -0.3 is 9.47 Å². The maximum atomic E-state index is 12.7. The van der Waals surface area contributed by atoms with Gasteiger partial charge in [0.25, 0.3) is 0 Å². The Morgan fingerprint density at radius 2 is 1.96 bits per heavy atom. The lowest BCUT2D eigenvalue weighted by Crippen LogP contribution is -2.50. The number of carbonyl (C=O) groups excluding carboxylic acids is 3. The van der Waals surface area contributed by atoms with Crippen molar-refractivity contribution < 1.29 is 23.9 Å². The van der Waals surface area contributed by atoms with E-state index in [2.05, 4.69) is 0 Å². The Balaban J connectivity index is 2.16. The van der Waals surface area contributed by atoms with Crippen LogP contribution >= 0.6 is 0 Å². The van der Waals surface area contributed by atoms with Crippen molar-refractivity contribution in [1.29, 1.82) is 0 Å². The number of benzene rings is 1. The average Bonchev–Trinajstić information content (AvgIpc) is 2.90. The minimum atomic E-state index is -1.71. The molecule has 23 heavy (non-hydrogen) atoms.